The minimum absolute atomic E-state index is 1.08. The van der Waals surface area contributed by atoms with E-state index < -0.39 is 0 Å². The highest BCUT2D eigenvalue weighted by Crippen LogP contribution is 2.38. The average molecular weight is 325 g/mol. The maximum absolute atomic E-state index is 2.34. The van der Waals surface area contributed by atoms with Gasteiger partial charge in [0.15, 0.2) is 0 Å². The normalized spacial score (nSPS) is 10.8. The zero-order valence-electron chi connectivity index (χ0n) is 13.7. The predicted molar refractivity (Wildman–Crippen MR) is 108 cm³/mol. The Bertz CT molecular complexity index is 957. The molecule has 24 heavy (non-hydrogen) atoms. The Morgan fingerprint density at radius 1 is 0.542 bits per heavy atom. The van der Waals surface area contributed by atoms with Gasteiger partial charge in [0.25, 0.3) is 0 Å². The van der Waals surface area contributed by atoms with Gasteiger partial charge in [-0.05, 0) is 35.7 Å². The third-order valence-corrected chi connectivity index (χ3v) is 4.98. The van der Waals surface area contributed by atoms with Crippen molar-refractivity contribution >= 4 is 43.3 Å². The lowest BCUT2D eigenvalue weighted by molar-refractivity contribution is 1.30. The molecular weight excluding hydrogens is 306 g/mol. The van der Waals surface area contributed by atoms with Crippen molar-refractivity contribution < 1.29 is 0 Å². The van der Waals surface area contributed by atoms with Crippen molar-refractivity contribution in [2.75, 3.05) is 4.90 Å². The fourth-order valence-electron chi connectivity index (χ4n) is 3.10. The van der Waals surface area contributed by atoms with Gasteiger partial charge in [-0.25, -0.2) is 0 Å². The topological polar surface area (TPSA) is 3.24 Å². The Morgan fingerprint density at radius 3 is 1.96 bits per heavy atom. The van der Waals surface area contributed by atoms with E-state index in [2.05, 4.69) is 102 Å². The molecule has 0 aliphatic rings. The first kappa shape index (κ1) is 14.7. The highest BCUT2D eigenvalue weighted by molar-refractivity contribution is 6.32. The molecule has 0 atom stereocenters. The Labute approximate surface area is 145 Å². The second-order valence-electron chi connectivity index (χ2n) is 6.00. The third kappa shape index (κ3) is 2.72. The largest absolute Gasteiger partial charge is 0.310 e. The van der Waals surface area contributed by atoms with Crippen molar-refractivity contribution in [3.05, 3.63) is 97.1 Å². The van der Waals surface area contributed by atoms with E-state index in [1.165, 1.54) is 33.0 Å². The molecule has 0 unspecified atom stereocenters. The highest BCUT2D eigenvalue weighted by atomic mass is 28.1. The summed E-state index contributed by atoms with van der Waals surface area (Å²) < 4.78 is 0. The van der Waals surface area contributed by atoms with Crippen LogP contribution in [0.2, 0.25) is 0 Å². The second-order valence-corrected chi connectivity index (χ2v) is 7.16. The van der Waals surface area contributed by atoms with Crippen molar-refractivity contribution in [3.8, 4) is 0 Å². The summed E-state index contributed by atoms with van der Waals surface area (Å²) in [5.74, 6) is 0. The standard InChI is InChI=1S/C22H19NSi/c24-20-15-13-19(14-16-20)23(18-9-2-1-3-10-18)22-12-6-8-17-7-4-5-11-21(17)22/h1-16H,24H3. The van der Waals surface area contributed by atoms with Crippen LogP contribution in [-0.2, 0) is 0 Å². The molecule has 0 spiro atoms. The van der Waals surface area contributed by atoms with Crippen molar-refractivity contribution in [2.45, 2.75) is 0 Å². The molecule has 0 saturated heterocycles. The number of hydrogen-bond acceptors (Lipinski definition) is 1. The fraction of sp³-hybridized carbons (Fsp3) is 0. The van der Waals surface area contributed by atoms with E-state index in [0.717, 1.165) is 10.2 Å². The quantitative estimate of drug-likeness (QED) is 0.508. The summed E-state index contributed by atoms with van der Waals surface area (Å²) in [6.45, 7) is 0. The minimum atomic E-state index is 1.08. The predicted octanol–water partition coefficient (Wildman–Crippen LogP) is 4.30. The molecular formula is C22H19NSi. The van der Waals surface area contributed by atoms with Crippen LogP contribution in [0.25, 0.3) is 10.8 Å². The molecule has 0 aromatic heterocycles. The van der Waals surface area contributed by atoms with Crippen molar-refractivity contribution in [2.24, 2.45) is 0 Å². The summed E-state index contributed by atoms with van der Waals surface area (Å²) in [5.41, 5.74) is 3.58. The molecule has 0 bridgehead atoms. The number of nitrogens with zero attached hydrogens (tertiary/aromatic N) is 1. The zero-order valence-corrected chi connectivity index (χ0v) is 15.7. The van der Waals surface area contributed by atoms with E-state index in [9.17, 15) is 0 Å². The molecule has 0 aliphatic carbocycles. The summed E-state index contributed by atoms with van der Waals surface area (Å²) >= 11 is 0. The van der Waals surface area contributed by atoms with Crippen LogP contribution < -0.4 is 10.1 Å². The van der Waals surface area contributed by atoms with Gasteiger partial charge in [0.2, 0.25) is 0 Å². The molecule has 4 aromatic carbocycles. The van der Waals surface area contributed by atoms with Crippen molar-refractivity contribution in [1.82, 2.24) is 0 Å². The first-order chi connectivity index (χ1) is 11.8. The molecule has 2 heteroatoms. The van der Waals surface area contributed by atoms with Crippen LogP contribution in [0, 0.1) is 0 Å². The Kier molecular flexibility index (Phi) is 3.89. The number of para-hydroxylation sites is 1. The molecule has 0 aliphatic heterocycles. The van der Waals surface area contributed by atoms with Crippen LogP contribution in [0.4, 0.5) is 17.1 Å². The molecule has 0 fully saturated rings. The van der Waals surface area contributed by atoms with Crippen LogP contribution in [0.3, 0.4) is 0 Å². The van der Waals surface area contributed by atoms with Crippen LogP contribution in [0.1, 0.15) is 0 Å². The second kappa shape index (κ2) is 6.34. The third-order valence-electron chi connectivity index (χ3n) is 4.31. The van der Waals surface area contributed by atoms with Crippen LogP contribution in [-0.4, -0.2) is 10.2 Å². The van der Waals surface area contributed by atoms with E-state index in [0.29, 0.717) is 0 Å². The fourth-order valence-corrected chi connectivity index (χ4v) is 3.43. The van der Waals surface area contributed by atoms with E-state index in [-0.39, 0.29) is 0 Å². The summed E-state index contributed by atoms with van der Waals surface area (Å²) in [5, 5.41) is 3.93. The Balaban J connectivity index is 1.97. The molecule has 0 radical (unpaired) electrons. The molecule has 0 N–H and O–H groups in total. The SMILES string of the molecule is [SiH3]c1ccc(N(c2ccccc2)c2cccc3ccccc23)cc1. The lowest BCUT2D eigenvalue weighted by Crippen LogP contribution is -2.11. The van der Waals surface area contributed by atoms with E-state index in [4.69, 9.17) is 0 Å². The van der Waals surface area contributed by atoms with Gasteiger partial charge in [0, 0.05) is 27.0 Å². The number of anilines is 3. The molecule has 1 nitrogen and oxygen atoms in total. The molecule has 4 aromatic rings. The first-order valence-corrected chi connectivity index (χ1v) is 9.22. The van der Waals surface area contributed by atoms with Gasteiger partial charge in [-0.2, -0.15) is 0 Å². The molecule has 0 amide bonds. The number of rotatable bonds is 3. The lowest BCUT2D eigenvalue weighted by atomic mass is 10.1. The summed E-state index contributed by atoms with van der Waals surface area (Å²) in [6.07, 6.45) is 0. The Hall–Kier alpha value is -2.84. The summed E-state index contributed by atoms with van der Waals surface area (Å²) in [4.78, 5) is 2.34. The smallest absolute Gasteiger partial charge is 0.0540 e. The lowest BCUT2D eigenvalue weighted by Gasteiger charge is -2.27. The first-order valence-electron chi connectivity index (χ1n) is 8.22. The molecule has 4 rings (SSSR count). The number of fused-ring (bicyclic) bond motifs is 1. The van der Waals surface area contributed by atoms with Crippen LogP contribution in [0.5, 0.6) is 0 Å². The van der Waals surface area contributed by atoms with Crippen LogP contribution >= 0.6 is 0 Å². The molecule has 116 valence electrons. The van der Waals surface area contributed by atoms with Crippen molar-refractivity contribution in [3.63, 3.8) is 0 Å². The van der Waals surface area contributed by atoms with E-state index in [1.54, 1.807) is 0 Å². The summed E-state index contributed by atoms with van der Waals surface area (Å²) in [6, 6.07) is 34.5. The van der Waals surface area contributed by atoms with E-state index >= 15 is 0 Å². The van der Waals surface area contributed by atoms with Gasteiger partial charge in [0.05, 0.1) is 5.69 Å². The van der Waals surface area contributed by atoms with E-state index in [1.807, 2.05) is 0 Å². The summed E-state index contributed by atoms with van der Waals surface area (Å²) in [7, 11) is 1.08. The maximum atomic E-state index is 2.34. The number of hydrogen-bond donors (Lipinski definition) is 0. The minimum Gasteiger partial charge on any atom is -0.310 e. The monoisotopic (exact) mass is 325 g/mol. The number of benzene rings is 4. The van der Waals surface area contributed by atoms with Gasteiger partial charge >= 0.3 is 0 Å². The zero-order chi connectivity index (χ0) is 16.4. The van der Waals surface area contributed by atoms with Crippen LogP contribution in [0.15, 0.2) is 97.1 Å². The van der Waals surface area contributed by atoms with Crippen molar-refractivity contribution in [1.29, 1.82) is 0 Å². The van der Waals surface area contributed by atoms with Gasteiger partial charge in [-0.1, -0.05) is 71.9 Å². The molecule has 0 heterocycles. The molecule has 0 saturated carbocycles. The van der Waals surface area contributed by atoms with Gasteiger partial charge in [-0.3, -0.25) is 0 Å². The highest BCUT2D eigenvalue weighted by Gasteiger charge is 2.14. The van der Waals surface area contributed by atoms with Gasteiger partial charge in [-0.15, -0.1) is 0 Å². The van der Waals surface area contributed by atoms with Gasteiger partial charge in [0.1, 0.15) is 0 Å². The van der Waals surface area contributed by atoms with Gasteiger partial charge < -0.3 is 4.90 Å². The maximum Gasteiger partial charge on any atom is 0.0540 e. The Morgan fingerprint density at radius 2 is 1.17 bits per heavy atom. The average Bonchev–Trinajstić information content (AvgIpc) is 2.65.